The summed E-state index contributed by atoms with van der Waals surface area (Å²) in [4.78, 5) is 26.2. The Bertz CT molecular complexity index is 1150. The van der Waals surface area contributed by atoms with E-state index in [9.17, 15) is 27.2 Å². The van der Waals surface area contributed by atoms with E-state index in [2.05, 4.69) is 10.6 Å². The Hall–Kier alpha value is -3.53. The average Bonchev–Trinajstić information content (AvgIpc) is 3.16. The Morgan fingerprint density at radius 2 is 1.42 bits per heavy atom. The van der Waals surface area contributed by atoms with Crippen LogP contribution < -0.4 is 15.5 Å². The van der Waals surface area contributed by atoms with Gasteiger partial charge in [0.05, 0.1) is 11.3 Å². The fraction of sp³-hybridized carbons (Fsp3) is 0.130. The molecule has 1 aliphatic rings. The van der Waals surface area contributed by atoms with E-state index >= 15 is 0 Å². The molecule has 1 heterocycles. The van der Waals surface area contributed by atoms with E-state index in [1.807, 2.05) is 0 Å². The molecule has 0 saturated carbocycles. The molecule has 0 aliphatic carbocycles. The van der Waals surface area contributed by atoms with Gasteiger partial charge in [0.15, 0.2) is 0 Å². The summed E-state index contributed by atoms with van der Waals surface area (Å²) in [6.07, 6.45) is -4.45. The van der Waals surface area contributed by atoms with Crippen LogP contribution in [-0.4, -0.2) is 17.7 Å². The monoisotopic (exact) mass is 475 g/mol. The molecule has 3 aromatic rings. The van der Waals surface area contributed by atoms with Crippen LogP contribution in [0.2, 0.25) is 0 Å². The van der Waals surface area contributed by atoms with Crippen molar-refractivity contribution in [2.75, 3.05) is 21.3 Å². The van der Waals surface area contributed by atoms with Gasteiger partial charge in [-0.25, -0.2) is 9.18 Å². The number of hydrogen-bond acceptors (Lipinski definition) is 3. The van der Waals surface area contributed by atoms with Gasteiger partial charge in [-0.05, 0) is 66.2 Å². The number of benzene rings is 3. The molecule has 1 unspecified atom stereocenters. The lowest BCUT2D eigenvalue weighted by atomic mass is 10.1. The maximum Gasteiger partial charge on any atom is 0.416 e. The van der Waals surface area contributed by atoms with E-state index in [4.69, 9.17) is 0 Å². The number of rotatable bonds is 4. The van der Waals surface area contributed by atoms with Gasteiger partial charge in [0.1, 0.15) is 11.2 Å². The summed E-state index contributed by atoms with van der Waals surface area (Å²) in [5, 5.41) is 4.79. The number of urea groups is 1. The fourth-order valence-corrected chi connectivity index (χ4v) is 4.50. The van der Waals surface area contributed by atoms with Crippen LogP contribution >= 0.6 is 11.8 Å². The Morgan fingerprint density at radius 3 is 1.97 bits per heavy atom. The van der Waals surface area contributed by atoms with Crippen molar-refractivity contribution >= 4 is 40.8 Å². The minimum Gasteiger partial charge on any atom is -0.308 e. The first-order valence-electron chi connectivity index (χ1n) is 9.75. The average molecular weight is 475 g/mol. The summed E-state index contributed by atoms with van der Waals surface area (Å²) in [5.41, 5.74) is 1.29. The summed E-state index contributed by atoms with van der Waals surface area (Å²) >= 11 is 1.44. The van der Waals surface area contributed by atoms with E-state index in [1.54, 1.807) is 41.3 Å². The normalized spacial score (nSPS) is 16.1. The molecule has 1 fully saturated rings. The molecule has 10 heteroatoms. The van der Waals surface area contributed by atoms with Gasteiger partial charge in [0.25, 0.3) is 0 Å². The second-order valence-corrected chi connectivity index (χ2v) is 8.25. The number of halogens is 4. The molecule has 3 amide bonds. The summed E-state index contributed by atoms with van der Waals surface area (Å²) in [6, 6.07) is 16.0. The Morgan fingerprint density at radius 1 is 0.879 bits per heavy atom. The molecule has 1 saturated heterocycles. The van der Waals surface area contributed by atoms with Gasteiger partial charge in [-0.15, -0.1) is 11.8 Å². The van der Waals surface area contributed by atoms with Gasteiger partial charge < -0.3 is 10.6 Å². The number of carbonyl (C=O) groups excluding carboxylic acids is 2. The Kier molecular flexibility index (Phi) is 6.28. The lowest BCUT2D eigenvalue weighted by molar-refractivity contribution is -0.137. The van der Waals surface area contributed by atoms with Crippen LogP contribution in [0, 0.1) is 5.82 Å². The summed E-state index contributed by atoms with van der Waals surface area (Å²) in [7, 11) is 0. The van der Waals surface area contributed by atoms with E-state index < -0.39 is 17.8 Å². The molecule has 0 radical (unpaired) electrons. The van der Waals surface area contributed by atoms with Crippen LogP contribution in [0.5, 0.6) is 0 Å². The first-order valence-corrected chi connectivity index (χ1v) is 10.8. The highest BCUT2D eigenvalue weighted by Gasteiger charge is 2.34. The maximum atomic E-state index is 13.2. The molecule has 1 aliphatic heterocycles. The van der Waals surface area contributed by atoms with Crippen molar-refractivity contribution in [3.63, 3.8) is 0 Å². The molecule has 1 atom stereocenters. The standard InChI is InChI=1S/C23H17F4N3O2S/c24-16-5-11-19(12-6-16)30-20(31)13-33-21(30)14-1-7-17(8-2-14)28-22(32)29-18-9-3-15(4-10-18)23(25,26)27/h1-12,21H,13H2,(H2,28,29,32). The minimum absolute atomic E-state index is 0.0882. The Labute approximate surface area is 190 Å². The predicted octanol–water partition coefficient (Wildman–Crippen LogP) is 6.27. The second-order valence-electron chi connectivity index (χ2n) is 7.18. The molecule has 33 heavy (non-hydrogen) atoms. The van der Waals surface area contributed by atoms with Gasteiger partial charge >= 0.3 is 12.2 Å². The van der Waals surface area contributed by atoms with E-state index in [0.29, 0.717) is 11.4 Å². The lowest BCUT2D eigenvalue weighted by Crippen LogP contribution is -2.27. The number of alkyl halides is 3. The van der Waals surface area contributed by atoms with Gasteiger partial charge in [-0.3, -0.25) is 9.69 Å². The van der Waals surface area contributed by atoms with Crippen molar-refractivity contribution in [3.8, 4) is 0 Å². The van der Waals surface area contributed by atoms with E-state index in [-0.39, 0.29) is 28.5 Å². The summed E-state index contributed by atoms with van der Waals surface area (Å²) in [6.45, 7) is 0. The molecule has 170 valence electrons. The van der Waals surface area contributed by atoms with Gasteiger partial charge in [-0.2, -0.15) is 13.2 Å². The number of nitrogens with one attached hydrogen (secondary N) is 2. The van der Waals surface area contributed by atoms with Crippen molar-refractivity contribution in [2.24, 2.45) is 0 Å². The third-order valence-electron chi connectivity index (χ3n) is 4.90. The number of carbonyl (C=O) groups is 2. The van der Waals surface area contributed by atoms with Crippen LogP contribution in [0.4, 0.5) is 39.4 Å². The number of anilines is 3. The van der Waals surface area contributed by atoms with Crippen LogP contribution in [0.25, 0.3) is 0 Å². The van der Waals surface area contributed by atoms with Gasteiger partial charge in [-0.1, -0.05) is 12.1 Å². The van der Waals surface area contributed by atoms with Crippen molar-refractivity contribution in [1.82, 2.24) is 0 Å². The number of amides is 3. The van der Waals surface area contributed by atoms with Crippen LogP contribution in [0.1, 0.15) is 16.5 Å². The first-order chi connectivity index (χ1) is 15.7. The van der Waals surface area contributed by atoms with Crippen molar-refractivity contribution in [3.05, 3.63) is 89.7 Å². The Balaban J connectivity index is 1.41. The zero-order chi connectivity index (χ0) is 23.6. The van der Waals surface area contributed by atoms with Crippen molar-refractivity contribution in [1.29, 1.82) is 0 Å². The topological polar surface area (TPSA) is 61.4 Å². The van der Waals surface area contributed by atoms with Crippen molar-refractivity contribution in [2.45, 2.75) is 11.6 Å². The minimum atomic E-state index is -4.45. The smallest absolute Gasteiger partial charge is 0.308 e. The highest BCUT2D eigenvalue weighted by atomic mass is 32.2. The molecule has 2 N–H and O–H groups in total. The molecular weight excluding hydrogens is 458 g/mol. The van der Waals surface area contributed by atoms with E-state index in [0.717, 1.165) is 17.7 Å². The third kappa shape index (κ3) is 5.28. The molecule has 4 rings (SSSR count). The number of hydrogen-bond donors (Lipinski definition) is 2. The molecule has 0 spiro atoms. The zero-order valence-corrected chi connectivity index (χ0v) is 17.7. The van der Waals surface area contributed by atoms with Gasteiger partial charge in [0, 0.05) is 17.1 Å². The lowest BCUT2D eigenvalue weighted by Gasteiger charge is -2.24. The number of nitrogens with zero attached hydrogens (tertiary/aromatic N) is 1. The molecular formula is C23H17F4N3O2S. The van der Waals surface area contributed by atoms with Crippen LogP contribution in [0.15, 0.2) is 72.8 Å². The second kappa shape index (κ2) is 9.14. The fourth-order valence-electron chi connectivity index (χ4n) is 3.32. The number of thioether (sulfide) groups is 1. The largest absolute Gasteiger partial charge is 0.416 e. The highest BCUT2D eigenvalue weighted by molar-refractivity contribution is 8.00. The predicted molar refractivity (Wildman–Crippen MR) is 120 cm³/mol. The summed E-state index contributed by atoms with van der Waals surface area (Å²) in [5.74, 6) is -0.188. The quantitative estimate of drug-likeness (QED) is 0.438. The third-order valence-corrected chi connectivity index (χ3v) is 6.11. The molecule has 0 aromatic heterocycles. The van der Waals surface area contributed by atoms with Crippen LogP contribution in [-0.2, 0) is 11.0 Å². The molecule has 5 nitrogen and oxygen atoms in total. The SMILES string of the molecule is O=C(Nc1ccc(C2SCC(=O)N2c2ccc(F)cc2)cc1)Nc1ccc(C(F)(F)F)cc1. The first kappa shape index (κ1) is 22.7. The maximum absolute atomic E-state index is 13.2. The summed E-state index contributed by atoms with van der Waals surface area (Å²) < 4.78 is 51.2. The molecule has 3 aromatic carbocycles. The van der Waals surface area contributed by atoms with Crippen molar-refractivity contribution < 1.29 is 27.2 Å². The van der Waals surface area contributed by atoms with Crippen LogP contribution in [0.3, 0.4) is 0 Å². The highest BCUT2D eigenvalue weighted by Crippen LogP contribution is 2.42. The van der Waals surface area contributed by atoms with E-state index in [1.165, 1.54) is 36.0 Å². The molecule has 0 bridgehead atoms. The zero-order valence-electron chi connectivity index (χ0n) is 16.9. The van der Waals surface area contributed by atoms with Gasteiger partial charge in [0.2, 0.25) is 5.91 Å².